The van der Waals surface area contributed by atoms with Gasteiger partial charge in [0.2, 0.25) is 5.91 Å². The van der Waals surface area contributed by atoms with Gasteiger partial charge in [0.1, 0.15) is 5.41 Å². The van der Waals surface area contributed by atoms with Gasteiger partial charge >= 0.3 is 0 Å². The van der Waals surface area contributed by atoms with Crippen LogP contribution in [0.5, 0.6) is 0 Å². The van der Waals surface area contributed by atoms with Gasteiger partial charge in [0.05, 0.1) is 6.07 Å². The smallest absolute Gasteiger partial charge is 0.242 e. The molecule has 1 saturated heterocycles. The first-order valence-corrected chi connectivity index (χ1v) is 7.67. The number of rotatable bonds is 4. The van der Waals surface area contributed by atoms with E-state index in [1.807, 2.05) is 18.2 Å². The zero-order valence-electron chi connectivity index (χ0n) is 13.3. The Labute approximate surface area is 132 Å². The van der Waals surface area contributed by atoms with Crippen LogP contribution < -0.4 is 0 Å². The van der Waals surface area contributed by atoms with Gasteiger partial charge in [0, 0.05) is 32.7 Å². The van der Waals surface area contributed by atoms with Gasteiger partial charge in [-0.3, -0.25) is 9.69 Å². The number of hydrogen-bond donors (Lipinski definition) is 0. The van der Waals surface area contributed by atoms with Gasteiger partial charge in [-0.15, -0.1) is 0 Å². The van der Waals surface area contributed by atoms with Gasteiger partial charge < -0.3 is 4.90 Å². The summed E-state index contributed by atoms with van der Waals surface area (Å²) < 4.78 is 0. The van der Waals surface area contributed by atoms with E-state index in [4.69, 9.17) is 5.26 Å². The molecule has 1 fully saturated rings. The largest absolute Gasteiger partial charge is 0.339 e. The van der Waals surface area contributed by atoms with Crippen molar-refractivity contribution in [3.8, 4) is 6.07 Å². The fourth-order valence-corrected chi connectivity index (χ4v) is 2.48. The highest BCUT2D eigenvalue weighted by Gasteiger charge is 2.33. The Balaban J connectivity index is 1.79. The summed E-state index contributed by atoms with van der Waals surface area (Å²) in [6, 6.07) is 12.3. The van der Waals surface area contributed by atoms with Gasteiger partial charge in [0.25, 0.3) is 0 Å². The van der Waals surface area contributed by atoms with Crippen LogP contribution in [0.1, 0.15) is 19.4 Å². The van der Waals surface area contributed by atoms with Gasteiger partial charge in [-0.25, -0.2) is 0 Å². The Morgan fingerprint density at radius 3 is 2.45 bits per heavy atom. The lowest BCUT2D eigenvalue weighted by molar-refractivity contribution is -0.139. The fraction of sp³-hybridized carbons (Fsp3) is 0.444. The zero-order valence-corrected chi connectivity index (χ0v) is 13.3. The molecule has 4 nitrogen and oxygen atoms in total. The van der Waals surface area contributed by atoms with Crippen LogP contribution in [-0.2, 0) is 4.79 Å². The first-order valence-electron chi connectivity index (χ1n) is 7.67. The predicted molar refractivity (Wildman–Crippen MR) is 87.9 cm³/mol. The van der Waals surface area contributed by atoms with Crippen molar-refractivity contribution in [1.82, 2.24) is 9.80 Å². The summed E-state index contributed by atoms with van der Waals surface area (Å²) in [6.45, 7) is 7.36. The molecule has 116 valence electrons. The predicted octanol–water partition coefficient (Wildman–Crippen LogP) is 2.39. The number of carbonyl (C=O) groups is 1. The third-order valence-corrected chi connectivity index (χ3v) is 3.95. The molecule has 22 heavy (non-hydrogen) atoms. The van der Waals surface area contributed by atoms with E-state index < -0.39 is 5.41 Å². The molecule has 0 atom stereocenters. The molecule has 1 aromatic rings. The molecule has 0 radical (unpaired) electrons. The second-order valence-corrected chi connectivity index (χ2v) is 6.14. The van der Waals surface area contributed by atoms with Crippen LogP contribution in [0.2, 0.25) is 0 Å². The fourth-order valence-electron chi connectivity index (χ4n) is 2.48. The summed E-state index contributed by atoms with van der Waals surface area (Å²) in [7, 11) is 0. The normalized spacial score (nSPS) is 16.7. The maximum absolute atomic E-state index is 12.2. The van der Waals surface area contributed by atoms with E-state index in [-0.39, 0.29) is 5.91 Å². The highest BCUT2D eigenvalue weighted by molar-refractivity contribution is 5.84. The molecule has 0 aromatic heterocycles. The van der Waals surface area contributed by atoms with Crippen LogP contribution in [0.25, 0.3) is 6.08 Å². The monoisotopic (exact) mass is 297 g/mol. The zero-order chi connectivity index (χ0) is 16.0. The number of hydrogen-bond acceptors (Lipinski definition) is 3. The van der Waals surface area contributed by atoms with Crippen molar-refractivity contribution in [2.45, 2.75) is 13.8 Å². The average molecular weight is 297 g/mol. The van der Waals surface area contributed by atoms with E-state index >= 15 is 0 Å². The maximum atomic E-state index is 12.2. The number of nitrogens with zero attached hydrogens (tertiary/aromatic N) is 3. The van der Waals surface area contributed by atoms with E-state index in [0.29, 0.717) is 13.1 Å². The Kier molecular flexibility index (Phi) is 5.35. The summed E-state index contributed by atoms with van der Waals surface area (Å²) in [4.78, 5) is 16.4. The van der Waals surface area contributed by atoms with Crippen molar-refractivity contribution in [2.24, 2.45) is 5.41 Å². The second-order valence-electron chi connectivity index (χ2n) is 6.14. The van der Waals surface area contributed by atoms with Crippen LogP contribution >= 0.6 is 0 Å². The van der Waals surface area contributed by atoms with Crippen LogP contribution in [0.15, 0.2) is 36.4 Å². The first-order chi connectivity index (χ1) is 10.5. The van der Waals surface area contributed by atoms with E-state index in [2.05, 4.69) is 35.3 Å². The summed E-state index contributed by atoms with van der Waals surface area (Å²) in [6.07, 6.45) is 4.28. The molecule has 1 aliphatic heterocycles. The molecule has 0 bridgehead atoms. The quantitative estimate of drug-likeness (QED) is 0.857. The third kappa shape index (κ3) is 4.19. The van der Waals surface area contributed by atoms with Crippen LogP contribution in [0, 0.1) is 16.7 Å². The average Bonchev–Trinajstić information content (AvgIpc) is 2.56. The Bertz CT molecular complexity index is 564. The molecule has 4 heteroatoms. The molecule has 1 aromatic carbocycles. The van der Waals surface area contributed by atoms with E-state index in [1.54, 1.807) is 18.7 Å². The molecule has 0 N–H and O–H groups in total. The number of amides is 1. The van der Waals surface area contributed by atoms with Gasteiger partial charge in [-0.1, -0.05) is 42.5 Å². The highest BCUT2D eigenvalue weighted by atomic mass is 16.2. The van der Waals surface area contributed by atoms with Gasteiger partial charge in [-0.2, -0.15) is 5.26 Å². The highest BCUT2D eigenvalue weighted by Crippen LogP contribution is 2.18. The van der Waals surface area contributed by atoms with Crippen molar-refractivity contribution in [2.75, 3.05) is 32.7 Å². The molecule has 0 aliphatic carbocycles. The minimum atomic E-state index is -0.921. The molecule has 2 rings (SSSR count). The lowest BCUT2D eigenvalue weighted by atomic mass is 9.93. The Morgan fingerprint density at radius 1 is 1.23 bits per heavy atom. The lowest BCUT2D eigenvalue weighted by Crippen LogP contribution is -2.51. The van der Waals surface area contributed by atoms with Crippen molar-refractivity contribution < 1.29 is 4.79 Å². The lowest BCUT2D eigenvalue weighted by Gasteiger charge is -2.36. The molecular weight excluding hydrogens is 274 g/mol. The molecular formula is C18H23N3O. The third-order valence-electron chi connectivity index (χ3n) is 3.95. The summed E-state index contributed by atoms with van der Waals surface area (Å²) in [5.41, 5.74) is 0.280. The van der Waals surface area contributed by atoms with Crippen molar-refractivity contribution in [3.05, 3.63) is 42.0 Å². The Hall–Kier alpha value is -2.12. The van der Waals surface area contributed by atoms with E-state index in [1.165, 1.54) is 5.56 Å². The summed E-state index contributed by atoms with van der Waals surface area (Å²) >= 11 is 0. The van der Waals surface area contributed by atoms with Crippen molar-refractivity contribution >= 4 is 12.0 Å². The van der Waals surface area contributed by atoms with Crippen LogP contribution in [0.4, 0.5) is 0 Å². The van der Waals surface area contributed by atoms with Crippen LogP contribution in [0.3, 0.4) is 0 Å². The summed E-state index contributed by atoms with van der Waals surface area (Å²) in [5, 5.41) is 9.05. The maximum Gasteiger partial charge on any atom is 0.242 e. The van der Waals surface area contributed by atoms with E-state index in [0.717, 1.165) is 19.6 Å². The molecule has 1 amide bonds. The Morgan fingerprint density at radius 2 is 1.86 bits per heavy atom. The van der Waals surface area contributed by atoms with Crippen molar-refractivity contribution in [3.63, 3.8) is 0 Å². The van der Waals surface area contributed by atoms with Gasteiger partial charge in [0.15, 0.2) is 0 Å². The molecule has 0 unspecified atom stereocenters. The molecule has 1 aliphatic rings. The topological polar surface area (TPSA) is 47.3 Å². The number of nitriles is 1. The van der Waals surface area contributed by atoms with E-state index in [9.17, 15) is 4.79 Å². The number of piperazine rings is 1. The number of benzene rings is 1. The first kappa shape index (κ1) is 16.3. The SMILES string of the molecule is CC(C)(C#N)C(=O)N1CCN(C/C=C/c2ccccc2)CC1. The minimum Gasteiger partial charge on any atom is -0.339 e. The molecule has 1 heterocycles. The van der Waals surface area contributed by atoms with Crippen LogP contribution in [-0.4, -0.2) is 48.4 Å². The molecule has 0 saturated carbocycles. The second kappa shape index (κ2) is 7.24. The van der Waals surface area contributed by atoms with Crippen molar-refractivity contribution in [1.29, 1.82) is 5.26 Å². The molecule has 0 spiro atoms. The minimum absolute atomic E-state index is 0.0607. The number of carbonyl (C=O) groups excluding carboxylic acids is 1. The summed E-state index contributed by atoms with van der Waals surface area (Å²) in [5.74, 6) is -0.0607. The standard InChI is InChI=1S/C18H23N3O/c1-18(2,15-19)17(22)21-13-11-20(12-14-21)10-6-9-16-7-4-3-5-8-16/h3-9H,10-14H2,1-2H3/b9-6+. The van der Waals surface area contributed by atoms with Gasteiger partial charge in [-0.05, 0) is 19.4 Å².